The molecule has 0 aliphatic carbocycles. The van der Waals surface area contributed by atoms with Crippen molar-refractivity contribution >= 4 is 5.91 Å². The van der Waals surface area contributed by atoms with Gasteiger partial charge in [0.15, 0.2) is 5.82 Å². The number of rotatable bonds is 3. The lowest BCUT2D eigenvalue weighted by Crippen LogP contribution is -2.29. The van der Waals surface area contributed by atoms with Crippen LogP contribution >= 0.6 is 0 Å². The zero-order chi connectivity index (χ0) is 17.2. The maximum atomic E-state index is 12.8. The van der Waals surface area contributed by atoms with Crippen LogP contribution in [0.25, 0.3) is 0 Å². The molecule has 3 heterocycles. The number of benzene rings is 1. The van der Waals surface area contributed by atoms with Gasteiger partial charge in [-0.25, -0.2) is 4.98 Å². The van der Waals surface area contributed by atoms with Crippen LogP contribution in [0.3, 0.4) is 0 Å². The molecule has 4 rings (SSSR count). The minimum Gasteiger partial charge on any atom is -0.343 e. The van der Waals surface area contributed by atoms with E-state index in [1.807, 2.05) is 25.1 Å². The van der Waals surface area contributed by atoms with E-state index in [9.17, 15) is 4.79 Å². The van der Waals surface area contributed by atoms with Gasteiger partial charge in [0, 0.05) is 31.1 Å². The summed E-state index contributed by atoms with van der Waals surface area (Å²) in [7, 11) is 0. The third-order valence-electron chi connectivity index (χ3n) is 4.54. The summed E-state index contributed by atoms with van der Waals surface area (Å²) in [5.74, 6) is 0.600. The van der Waals surface area contributed by atoms with E-state index < -0.39 is 0 Å². The topological polar surface area (TPSA) is 85.0 Å². The minimum atomic E-state index is -0.126. The molecule has 1 aliphatic rings. The Labute approximate surface area is 144 Å². The highest BCUT2D eigenvalue weighted by Gasteiger charge is 2.39. The molecule has 1 aliphatic heterocycles. The molecule has 7 heteroatoms. The van der Waals surface area contributed by atoms with Gasteiger partial charge in [-0.05, 0) is 12.5 Å². The molecule has 3 aromatic rings. The minimum absolute atomic E-state index is 0.0106. The molecule has 1 amide bonds. The lowest BCUT2D eigenvalue weighted by molar-refractivity contribution is 0.0782. The molecule has 25 heavy (non-hydrogen) atoms. The van der Waals surface area contributed by atoms with E-state index in [2.05, 4.69) is 32.2 Å². The predicted octanol–water partition coefficient (Wildman–Crippen LogP) is 2.19. The van der Waals surface area contributed by atoms with Crippen molar-refractivity contribution in [2.75, 3.05) is 13.1 Å². The van der Waals surface area contributed by atoms with E-state index in [1.165, 1.54) is 12.6 Å². The number of aryl methyl sites for hydroxylation is 1. The van der Waals surface area contributed by atoms with Crippen LogP contribution in [0, 0.1) is 6.92 Å². The fourth-order valence-electron chi connectivity index (χ4n) is 3.28. The summed E-state index contributed by atoms with van der Waals surface area (Å²) in [4.78, 5) is 27.2. The van der Waals surface area contributed by atoms with Gasteiger partial charge in [0.1, 0.15) is 5.69 Å². The normalized spacial score (nSPS) is 20.0. The molecule has 126 valence electrons. The Kier molecular flexibility index (Phi) is 3.97. The first-order valence-electron chi connectivity index (χ1n) is 8.11. The van der Waals surface area contributed by atoms with Gasteiger partial charge in [-0.15, -0.1) is 0 Å². The van der Waals surface area contributed by atoms with E-state index in [0.29, 0.717) is 24.6 Å². The monoisotopic (exact) mass is 335 g/mol. The maximum Gasteiger partial charge on any atom is 0.274 e. The molecule has 1 saturated heterocycles. The van der Waals surface area contributed by atoms with Crippen molar-refractivity contribution < 1.29 is 9.32 Å². The molecule has 0 bridgehead atoms. The van der Waals surface area contributed by atoms with Crippen LogP contribution in [0.2, 0.25) is 0 Å². The number of likely N-dealkylation sites (tertiary alicyclic amines) is 1. The Bertz CT molecular complexity index is 849. The first kappa shape index (κ1) is 15.4. The molecular formula is C18H17N5O2. The second-order valence-corrected chi connectivity index (χ2v) is 6.17. The number of hydrogen-bond donors (Lipinski definition) is 0. The summed E-state index contributed by atoms with van der Waals surface area (Å²) >= 11 is 0. The smallest absolute Gasteiger partial charge is 0.274 e. The number of hydrogen-bond acceptors (Lipinski definition) is 6. The standard InChI is InChI=1S/C18H17N5O2/c1-12-7-20-16(8-19-12)18(24)23-9-14(13-5-3-2-4-6-13)15(10-23)17-21-11-25-22-17/h2-8,11,14-15H,9-10H2,1H3/t14-,15-/m0/s1. The summed E-state index contributed by atoms with van der Waals surface area (Å²) < 4.78 is 4.92. The Morgan fingerprint density at radius 1 is 1.08 bits per heavy atom. The molecule has 0 spiro atoms. The fourth-order valence-corrected chi connectivity index (χ4v) is 3.28. The van der Waals surface area contributed by atoms with Gasteiger partial charge < -0.3 is 9.42 Å². The number of nitrogens with zero attached hydrogens (tertiary/aromatic N) is 5. The number of carbonyl (C=O) groups excluding carboxylic acids is 1. The zero-order valence-electron chi connectivity index (χ0n) is 13.7. The highest BCUT2D eigenvalue weighted by Crippen LogP contribution is 2.38. The zero-order valence-corrected chi connectivity index (χ0v) is 13.7. The van der Waals surface area contributed by atoms with Gasteiger partial charge in [0.05, 0.1) is 11.9 Å². The summed E-state index contributed by atoms with van der Waals surface area (Å²) in [6, 6.07) is 10.1. The number of amides is 1. The third kappa shape index (κ3) is 3.00. The Morgan fingerprint density at radius 3 is 2.56 bits per heavy atom. The summed E-state index contributed by atoms with van der Waals surface area (Å²) in [6.07, 6.45) is 4.46. The van der Waals surface area contributed by atoms with Crippen molar-refractivity contribution in [1.29, 1.82) is 0 Å². The van der Waals surface area contributed by atoms with Crippen LogP contribution < -0.4 is 0 Å². The van der Waals surface area contributed by atoms with Crippen molar-refractivity contribution in [3.05, 3.63) is 71.9 Å². The van der Waals surface area contributed by atoms with Crippen LogP contribution in [0.5, 0.6) is 0 Å². The predicted molar refractivity (Wildman–Crippen MR) is 88.9 cm³/mol. The van der Waals surface area contributed by atoms with Crippen molar-refractivity contribution in [1.82, 2.24) is 25.0 Å². The second kappa shape index (κ2) is 6.43. The third-order valence-corrected chi connectivity index (χ3v) is 4.54. The van der Waals surface area contributed by atoms with E-state index in [4.69, 9.17) is 4.52 Å². The first-order chi connectivity index (χ1) is 12.2. The average Bonchev–Trinajstić information content (AvgIpc) is 3.32. The van der Waals surface area contributed by atoms with Gasteiger partial charge in [0.2, 0.25) is 6.39 Å². The van der Waals surface area contributed by atoms with E-state index in [-0.39, 0.29) is 17.7 Å². The van der Waals surface area contributed by atoms with Gasteiger partial charge >= 0.3 is 0 Å². The molecule has 2 aromatic heterocycles. The summed E-state index contributed by atoms with van der Waals surface area (Å²) in [5.41, 5.74) is 2.29. The van der Waals surface area contributed by atoms with E-state index >= 15 is 0 Å². The van der Waals surface area contributed by atoms with Crippen LogP contribution in [0.4, 0.5) is 0 Å². The Balaban J connectivity index is 1.63. The van der Waals surface area contributed by atoms with Crippen molar-refractivity contribution in [2.45, 2.75) is 18.8 Å². The Hall–Kier alpha value is -3.09. The lowest BCUT2D eigenvalue weighted by Gasteiger charge is -2.16. The highest BCUT2D eigenvalue weighted by molar-refractivity contribution is 5.92. The van der Waals surface area contributed by atoms with Crippen LogP contribution in [0.15, 0.2) is 53.6 Å². The van der Waals surface area contributed by atoms with Crippen molar-refractivity contribution in [2.24, 2.45) is 0 Å². The van der Waals surface area contributed by atoms with Gasteiger partial charge in [-0.2, -0.15) is 4.98 Å². The quantitative estimate of drug-likeness (QED) is 0.729. The highest BCUT2D eigenvalue weighted by atomic mass is 16.5. The van der Waals surface area contributed by atoms with Gasteiger partial charge in [-0.3, -0.25) is 9.78 Å². The maximum absolute atomic E-state index is 12.8. The largest absolute Gasteiger partial charge is 0.343 e. The van der Waals surface area contributed by atoms with Crippen molar-refractivity contribution in [3.8, 4) is 0 Å². The van der Waals surface area contributed by atoms with Crippen LogP contribution in [-0.4, -0.2) is 44.0 Å². The molecule has 0 radical (unpaired) electrons. The van der Waals surface area contributed by atoms with E-state index in [0.717, 1.165) is 11.3 Å². The molecule has 0 N–H and O–H groups in total. The molecule has 0 unspecified atom stereocenters. The molecule has 0 saturated carbocycles. The van der Waals surface area contributed by atoms with Gasteiger partial charge in [-0.1, -0.05) is 35.5 Å². The second-order valence-electron chi connectivity index (χ2n) is 6.17. The Morgan fingerprint density at radius 2 is 1.88 bits per heavy atom. The lowest BCUT2D eigenvalue weighted by atomic mass is 9.88. The first-order valence-corrected chi connectivity index (χ1v) is 8.11. The average molecular weight is 335 g/mol. The van der Waals surface area contributed by atoms with Gasteiger partial charge in [0.25, 0.3) is 5.91 Å². The molecule has 1 fully saturated rings. The summed E-state index contributed by atoms with van der Waals surface area (Å²) in [5, 5.41) is 4.00. The molecule has 1 aromatic carbocycles. The van der Waals surface area contributed by atoms with E-state index in [1.54, 1.807) is 11.1 Å². The number of carbonyl (C=O) groups is 1. The van der Waals surface area contributed by atoms with Crippen molar-refractivity contribution in [3.63, 3.8) is 0 Å². The van der Waals surface area contributed by atoms with Crippen LogP contribution in [-0.2, 0) is 0 Å². The fraction of sp³-hybridized carbons (Fsp3) is 0.278. The summed E-state index contributed by atoms with van der Waals surface area (Å²) in [6.45, 7) is 2.94. The molecule has 7 nitrogen and oxygen atoms in total. The van der Waals surface area contributed by atoms with Crippen LogP contribution in [0.1, 0.15) is 39.4 Å². The number of aromatic nitrogens is 4. The SMILES string of the molecule is Cc1cnc(C(=O)N2C[C@H](c3ncon3)[C@H](c3ccccc3)C2)cn1. The molecular weight excluding hydrogens is 318 g/mol. The molecule has 2 atom stereocenters.